The number of rotatable bonds is 6. The summed E-state index contributed by atoms with van der Waals surface area (Å²) in [5.74, 6) is 0.997. The zero-order chi connectivity index (χ0) is 13.2. The number of benzene rings is 1. The second kappa shape index (κ2) is 5.19. The molecule has 3 heteroatoms. The molecule has 1 fully saturated rings. The van der Waals surface area contributed by atoms with Gasteiger partial charge in [-0.25, -0.2) is 0 Å². The fraction of sp³-hybridized carbons (Fsp3) is 0.600. The number of hydrogen-bond donors (Lipinski definition) is 2. The van der Waals surface area contributed by atoms with Crippen LogP contribution in [0.2, 0.25) is 0 Å². The maximum atomic E-state index is 5.39. The highest BCUT2D eigenvalue weighted by molar-refractivity contribution is 5.55. The molecule has 1 aliphatic rings. The van der Waals surface area contributed by atoms with Gasteiger partial charge in [-0.15, -0.1) is 0 Å². The number of ether oxygens (including phenoxy) is 1. The van der Waals surface area contributed by atoms with E-state index >= 15 is 0 Å². The molecule has 1 aliphatic carbocycles. The third-order valence-electron chi connectivity index (χ3n) is 3.84. The molecule has 0 spiro atoms. The van der Waals surface area contributed by atoms with Crippen LogP contribution in [0.15, 0.2) is 12.1 Å². The first kappa shape index (κ1) is 13.2. The predicted molar refractivity (Wildman–Crippen MR) is 76.6 cm³/mol. The van der Waals surface area contributed by atoms with Crippen molar-refractivity contribution in [2.45, 2.75) is 26.7 Å². The SMILES string of the molecule is CNCC1(CNc2cc(C)c(OC)c(C)c2)CC1. The van der Waals surface area contributed by atoms with Crippen molar-refractivity contribution in [2.24, 2.45) is 5.41 Å². The summed E-state index contributed by atoms with van der Waals surface area (Å²) in [5, 5.41) is 6.86. The Morgan fingerprint density at radius 2 is 1.78 bits per heavy atom. The van der Waals surface area contributed by atoms with Gasteiger partial charge in [-0.1, -0.05) is 0 Å². The van der Waals surface area contributed by atoms with Crippen molar-refractivity contribution in [2.75, 3.05) is 32.6 Å². The van der Waals surface area contributed by atoms with Gasteiger partial charge in [-0.2, -0.15) is 0 Å². The van der Waals surface area contributed by atoms with Gasteiger partial charge in [0.15, 0.2) is 0 Å². The van der Waals surface area contributed by atoms with Crippen LogP contribution in [0.4, 0.5) is 5.69 Å². The lowest BCUT2D eigenvalue weighted by atomic mass is 10.1. The third kappa shape index (κ3) is 2.78. The molecule has 0 amide bonds. The summed E-state index contributed by atoms with van der Waals surface area (Å²) in [6.45, 7) is 6.35. The summed E-state index contributed by atoms with van der Waals surface area (Å²) in [4.78, 5) is 0. The Hall–Kier alpha value is -1.22. The molecule has 2 N–H and O–H groups in total. The van der Waals surface area contributed by atoms with Crippen LogP contribution in [0.3, 0.4) is 0 Å². The number of methoxy groups -OCH3 is 1. The highest BCUT2D eigenvalue weighted by Gasteiger charge is 2.41. The zero-order valence-corrected chi connectivity index (χ0v) is 11.9. The molecular weight excluding hydrogens is 224 g/mol. The van der Waals surface area contributed by atoms with E-state index in [1.807, 2.05) is 7.05 Å². The van der Waals surface area contributed by atoms with Crippen molar-refractivity contribution in [3.8, 4) is 5.75 Å². The topological polar surface area (TPSA) is 33.3 Å². The summed E-state index contributed by atoms with van der Waals surface area (Å²) in [6, 6.07) is 4.34. The molecule has 3 nitrogen and oxygen atoms in total. The van der Waals surface area contributed by atoms with Crippen molar-refractivity contribution in [3.05, 3.63) is 23.3 Å². The van der Waals surface area contributed by atoms with Crippen LogP contribution in [0.25, 0.3) is 0 Å². The van der Waals surface area contributed by atoms with E-state index in [4.69, 9.17) is 4.74 Å². The summed E-state index contributed by atoms with van der Waals surface area (Å²) < 4.78 is 5.39. The van der Waals surface area contributed by atoms with Gasteiger partial charge in [0.05, 0.1) is 7.11 Å². The Morgan fingerprint density at radius 1 is 1.17 bits per heavy atom. The van der Waals surface area contributed by atoms with Crippen LogP contribution in [-0.2, 0) is 0 Å². The van der Waals surface area contributed by atoms with Gasteiger partial charge in [0.25, 0.3) is 0 Å². The number of anilines is 1. The summed E-state index contributed by atoms with van der Waals surface area (Å²) in [6.07, 6.45) is 2.66. The summed E-state index contributed by atoms with van der Waals surface area (Å²) in [5.41, 5.74) is 4.07. The predicted octanol–water partition coefficient (Wildman–Crippen LogP) is 2.72. The quantitative estimate of drug-likeness (QED) is 0.812. The zero-order valence-electron chi connectivity index (χ0n) is 11.9. The van der Waals surface area contributed by atoms with Crippen molar-refractivity contribution < 1.29 is 4.74 Å². The molecule has 2 rings (SSSR count). The normalized spacial score (nSPS) is 16.4. The molecule has 0 heterocycles. The lowest BCUT2D eigenvalue weighted by molar-refractivity contribution is 0.408. The minimum Gasteiger partial charge on any atom is -0.496 e. The first-order valence-electron chi connectivity index (χ1n) is 6.64. The highest BCUT2D eigenvalue weighted by atomic mass is 16.5. The average Bonchev–Trinajstić information content (AvgIpc) is 3.07. The van der Waals surface area contributed by atoms with Gasteiger partial charge in [-0.05, 0) is 57.0 Å². The minimum absolute atomic E-state index is 0.483. The second-order valence-electron chi connectivity index (χ2n) is 5.53. The van der Waals surface area contributed by atoms with Gasteiger partial charge in [-0.3, -0.25) is 0 Å². The lowest BCUT2D eigenvalue weighted by Gasteiger charge is -2.18. The Morgan fingerprint density at radius 3 is 2.22 bits per heavy atom. The molecule has 0 bridgehead atoms. The maximum absolute atomic E-state index is 5.39. The van der Waals surface area contributed by atoms with Gasteiger partial charge in [0.1, 0.15) is 5.75 Å². The number of aryl methyl sites for hydroxylation is 2. The molecule has 0 radical (unpaired) electrons. The van der Waals surface area contributed by atoms with Crippen LogP contribution in [0.1, 0.15) is 24.0 Å². The van der Waals surface area contributed by atoms with Crippen LogP contribution in [-0.4, -0.2) is 27.2 Å². The fourth-order valence-corrected chi connectivity index (χ4v) is 2.63. The fourth-order valence-electron chi connectivity index (χ4n) is 2.63. The van der Waals surface area contributed by atoms with Gasteiger partial charge < -0.3 is 15.4 Å². The smallest absolute Gasteiger partial charge is 0.124 e. The number of nitrogens with one attached hydrogen (secondary N) is 2. The van der Waals surface area contributed by atoms with E-state index in [-0.39, 0.29) is 0 Å². The molecule has 1 aromatic carbocycles. The summed E-state index contributed by atoms with van der Waals surface area (Å²) in [7, 11) is 3.76. The van der Waals surface area contributed by atoms with Crippen LogP contribution in [0, 0.1) is 19.3 Å². The molecule has 0 atom stereocenters. The van der Waals surface area contributed by atoms with Crippen LogP contribution >= 0.6 is 0 Å². The Bertz CT molecular complexity index is 401. The van der Waals surface area contributed by atoms with Gasteiger partial charge in [0.2, 0.25) is 0 Å². The van der Waals surface area contributed by atoms with Gasteiger partial charge in [0, 0.05) is 24.2 Å². The summed E-state index contributed by atoms with van der Waals surface area (Å²) >= 11 is 0. The van der Waals surface area contributed by atoms with E-state index in [0.717, 1.165) is 18.8 Å². The standard InChI is InChI=1S/C15H24N2O/c1-11-7-13(8-12(2)14(11)18-4)17-10-15(5-6-15)9-16-3/h7-8,16-17H,5-6,9-10H2,1-4H3. The molecule has 0 saturated heterocycles. The molecule has 100 valence electrons. The van der Waals surface area contributed by atoms with Crippen molar-refractivity contribution in [3.63, 3.8) is 0 Å². The molecular formula is C15H24N2O. The minimum atomic E-state index is 0.483. The van der Waals surface area contributed by atoms with Crippen molar-refractivity contribution in [1.29, 1.82) is 0 Å². The van der Waals surface area contributed by atoms with E-state index in [1.165, 1.54) is 29.7 Å². The van der Waals surface area contributed by atoms with Gasteiger partial charge >= 0.3 is 0 Å². The Labute approximate surface area is 110 Å². The van der Waals surface area contributed by atoms with Crippen molar-refractivity contribution >= 4 is 5.69 Å². The molecule has 0 aromatic heterocycles. The van der Waals surface area contributed by atoms with E-state index in [1.54, 1.807) is 7.11 Å². The third-order valence-corrected chi connectivity index (χ3v) is 3.84. The Kier molecular flexibility index (Phi) is 3.81. The first-order chi connectivity index (χ1) is 8.60. The van der Waals surface area contributed by atoms with E-state index in [9.17, 15) is 0 Å². The molecule has 0 aliphatic heterocycles. The van der Waals surface area contributed by atoms with E-state index < -0.39 is 0 Å². The highest BCUT2D eigenvalue weighted by Crippen LogP contribution is 2.45. The van der Waals surface area contributed by atoms with Crippen LogP contribution in [0.5, 0.6) is 5.75 Å². The molecule has 18 heavy (non-hydrogen) atoms. The van der Waals surface area contributed by atoms with Crippen molar-refractivity contribution in [1.82, 2.24) is 5.32 Å². The average molecular weight is 248 g/mol. The largest absolute Gasteiger partial charge is 0.496 e. The molecule has 1 aromatic rings. The van der Waals surface area contributed by atoms with E-state index in [0.29, 0.717) is 5.41 Å². The monoisotopic (exact) mass is 248 g/mol. The molecule has 0 unspecified atom stereocenters. The van der Waals surface area contributed by atoms with E-state index in [2.05, 4.69) is 36.6 Å². The first-order valence-corrected chi connectivity index (χ1v) is 6.64. The maximum Gasteiger partial charge on any atom is 0.124 e. The molecule has 1 saturated carbocycles. The second-order valence-corrected chi connectivity index (χ2v) is 5.53. The Balaban J connectivity index is 2.02. The lowest BCUT2D eigenvalue weighted by Crippen LogP contribution is -2.26. The van der Waals surface area contributed by atoms with Crippen LogP contribution < -0.4 is 15.4 Å². The number of hydrogen-bond acceptors (Lipinski definition) is 3.